The van der Waals surface area contributed by atoms with Gasteiger partial charge >= 0.3 is 0 Å². The number of rotatable bonds is 3. The summed E-state index contributed by atoms with van der Waals surface area (Å²) >= 11 is 0. The fourth-order valence-electron chi connectivity index (χ4n) is 2.22. The Balaban J connectivity index is 1.94. The molecule has 0 aromatic heterocycles. The molecule has 3 rings (SSSR count). The number of benzene rings is 1. The van der Waals surface area contributed by atoms with Gasteiger partial charge in [0.05, 0.1) is 18.4 Å². The first kappa shape index (κ1) is 10.2. The van der Waals surface area contributed by atoms with Gasteiger partial charge < -0.3 is 4.90 Å². The molecule has 1 heterocycles. The third-order valence-corrected chi connectivity index (χ3v) is 3.39. The van der Waals surface area contributed by atoms with Gasteiger partial charge in [-0.3, -0.25) is 4.99 Å². The van der Waals surface area contributed by atoms with E-state index in [1.165, 1.54) is 0 Å². The molecule has 1 fully saturated rings. The molecule has 0 amide bonds. The van der Waals surface area contributed by atoms with Gasteiger partial charge in [0.2, 0.25) is 6.08 Å². The van der Waals surface area contributed by atoms with Crippen molar-refractivity contribution in [3.63, 3.8) is 0 Å². The summed E-state index contributed by atoms with van der Waals surface area (Å²) in [5, 5.41) is 0. The maximum Gasteiger partial charge on any atom is 0.235 e. The topological polar surface area (TPSA) is 45.0 Å². The first-order valence-electron chi connectivity index (χ1n) is 5.80. The van der Waals surface area contributed by atoms with E-state index < -0.39 is 0 Å². The quantitative estimate of drug-likeness (QED) is 0.584. The van der Waals surface area contributed by atoms with E-state index in [1.54, 1.807) is 6.08 Å². The second-order valence-corrected chi connectivity index (χ2v) is 4.50. The molecule has 0 spiro atoms. The molecular formula is C13H13N3O. The van der Waals surface area contributed by atoms with E-state index in [2.05, 4.69) is 27.0 Å². The van der Waals surface area contributed by atoms with Crippen LogP contribution in [0.1, 0.15) is 18.4 Å². The second-order valence-electron chi connectivity index (χ2n) is 4.50. The van der Waals surface area contributed by atoms with Crippen molar-refractivity contribution in [2.24, 2.45) is 9.98 Å². The molecule has 0 bridgehead atoms. The maximum absolute atomic E-state index is 10.5. The van der Waals surface area contributed by atoms with Crippen molar-refractivity contribution >= 4 is 18.1 Å². The standard InChI is InChI=1S/C13H13N3O/c17-10-15-13(4-5-13)11-2-1-3-12(8-11)16-7-6-14-9-16/h1-3,8-9H,4-7H2. The van der Waals surface area contributed by atoms with E-state index >= 15 is 0 Å². The molecule has 1 aromatic carbocycles. The molecule has 86 valence electrons. The fourth-order valence-corrected chi connectivity index (χ4v) is 2.22. The molecule has 2 aliphatic rings. The Labute approximate surface area is 99.7 Å². The summed E-state index contributed by atoms with van der Waals surface area (Å²) in [5.74, 6) is 0. The van der Waals surface area contributed by atoms with E-state index in [1.807, 2.05) is 18.5 Å². The smallest absolute Gasteiger partial charge is 0.235 e. The highest BCUT2D eigenvalue weighted by molar-refractivity contribution is 5.81. The van der Waals surface area contributed by atoms with E-state index in [9.17, 15) is 4.79 Å². The summed E-state index contributed by atoms with van der Waals surface area (Å²) < 4.78 is 0. The lowest BCUT2D eigenvalue weighted by Gasteiger charge is -2.16. The van der Waals surface area contributed by atoms with Gasteiger partial charge in [0.15, 0.2) is 0 Å². The third kappa shape index (κ3) is 1.77. The summed E-state index contributed by atoms with van der Waals surface area (Å²) in [4.78, 5) is 20.7. The average Bonchev–Trinajstić information content (AvgIpc) is 2.94. The molecule has 0 atom stereocenters. The van der Waals surface area contributed by atoms with E-state index in [-0.39, 0.29) is 5.54 Å². The Bertz CT molecular complexity index is 513. The fraction of sp³-hybridized carbons (Fsp3) is 0.385. The predicted molar refractivity (Wildman–Crippen MR) is 66.2 cm³/mol. The van der Waals surface area contributed by atoms with Crippen molar-refractivity contribution in [3.05, 3.63) is 29.8 Å². The largest absolute Gasteiger partial charge is 0.331 e. The van der Waals surface area contributed by atoms with Crippen LogP contribution < -0.4 is 4.90 Å². The minimum atomic E-state index is -0.283. The molecule has 0 N–H and O–H groups in total. The van der Waals surface area contributed by atoms with Gasteiger partial charge in [-0.05, 0) is 30.5 Å². The van der Waals surface area contributed by atoms with Gasteiger partial charge in [0, 0.05) is 12.2 Å². The number of hydrogen-bond donors (Lipinski definition) is 0. The molecule has 1 aliphatic carbocycles. The maximum atomic E-state index is 10.5. The lowest BCUT2D eigenvalue weighted by atomic mass is 10.0. The highest BCUT2D eigenvalue weighted by Crippen LogP contribution is 2.49. The van der Waals surface area contributed by atoms with Crippen molar-refractivity contribution < 1.29 is 4.79 Å². The number of aliphatic imine (C=N–C) groups is 2. The van der Waals surface area contributed by atoms with E-state index in [4.69, 9.17) is 0 Å². The van der Waals surface area contributed by atoms with Crippen LogP contribution >= 0.6 is 0 Å². The SMILES string of the molecule is O=C=NC1(c2cccc(N3C=NCC3)c2)CC1. The van der Waals surface area contributed by atoms with Crippen LogP contribution in [0.25, 0.3) is 0 Å². The van der Waals surface area contributed by atoms with Crippen molar-refractivity contribution in [1.82, 2.24) is 0 Å². The van der Waals surface area contributed by atoms with E-state index in [0.29, 0.717) is 0 Å². The molecule has 1 saturated carbocycles. The van der Waals surface area contributed by atoms with Crippen LogP contribution in [0.2, 0.25) is 0 Å². The second kappa shape index (κ2) is 3.82. The Hall–Kier alpha value is -1.93. The molecule has 4 nitrogen and oxygen atoms in total. The Morgan fingerprint density at radius 3 is 2.94 bits per heavy atom. The molecule has 4 heteroatoms. The van der Waals surface area contributed by atoms with Crippen LogP contribution in [0.5, 0.6) is 0 Å². The third-order valence-electron chi connectivity index (χ3n) is 3.39. The number of carbonyl (C=O) groups excluding carboxylic acids is 1. The van der Waals surface area contributed by atoms with Crippen molar-refractivity contribution in [1.29, 1.82) is 0 Å². The Morgan fingerprint density at radius 1 is 1.41 bits per heavy atom. The van der Waals surface area contributed by atoms with Gasteiger partial charge in [-0.2, -0.15) is 4.99 Å². The number of isocyanates is 1. The Morgan fingerprint density at radius 2 is 2.29 bits per heavy atom. The molecule has 0 saturated heterocycles. The highest BCUT2D eigenvalue weighted by Gasteiger charge is 2.44. The van der Waals surface area contributed by atoms with Gasteiger partial charge in [-0.1, -0.05) is 12.1 Å². The van der Waals surface area contributed by atoms with Crippen molar-refractivity contribution in [2.75, 3.05) is 18.0 Å². The lowest BCUT2D eigenvalue weighted by molar-refractivity contribution is 0.556. The zero-order valence-corrected chi connectivity index (χ0v) is 9.47. The summed E-state index contributed by atoms with van der Waals surface area (Å²) in [5.41, 5.74) is 1.95. The molecule has 1 aliphatic heterocycles. The van der Waals surface area contributed by atoms with Crippen LogP contribution in [-0.4, -0.2) is 25.5 Å². The number of anilines is 1. The minimum absolute atomic E-state index is 0.283. The first-order chi connectivity index (χ1) is 8.34. The van der Waals surface area contributed by atoms with Crippen LogP contribution in [0, 0.1) is 0 Å². The van der Waals surface area contributed by atoms with Gasteiger partial charge in [0.1, 0.15) is 0 Å². The normalized spacial score (nSPS) is 20.1. The minimum Gasteiger partial charge on any atom is -0.331 e. The Kier molecular flexibility index (Phi) is 2.30. The molecule has 0 unspecified atom stereocenters. The number of nitrogens with zero attached hydrogens (tertiary/aromatic N) is 3. The molecule has 1 aromatic rings. The highest BCUT2D eigenvalue weighted by atomic mass is 16.1. The molecule has 17 heavy (non-hydrogen) atoms. The predicted octanol–water partition coefficient (Wildman–Crippen LogP) is 1.86. The van der Waals surface area contributed by atoms with Gasteiger partial charge in [-0.15, -0.1) is 0 Å². The lowest BCUT2D eigenvalue weighted by Crippen LogP contribution is -2.18. The average molecular weight is 227 g/mol. The zero-order valence-electron chi connectivity index (χ0n) is 9.47. The summed E-state index contributed by atoms with van der Waals surface area (Å²) in [6.07, 6.45) is 5.44. The first-order valence-corrected chi connectivity index (χ1v) is 5.80. The summed E-state index contributed by atoms with van der Waals surface area (Å²) in [7, 11) is 0. The van der Waals surface area contributed by atoms with Gasteiger partial charge in [0.25, 0.3) is 0 Å². The van der Waals surface area contributed by atoms with Crippen LogP contribution in [-0.2, 0) is 10.3 Å². The summed E-state index contributed by atoms with van der Waals surface area (Å²) in [6, 6.07) is 8.20. The van der Waals surface area contributed by atoms with Crippen LogP contribution in [0.3, 0.4) is 0 Å². The summed E-state index contributed by atoms with van der Waals surface area (Å²) in [6.45, 7) is 1.77. The van der Waals surface area contributed by atoms with Crippen LogP contribution in [0.4, 0.5) is 5.69 Å². The van der Waals surface area contributed by atoms with Crippen molar-refractivity contribution in [2.45, 2.75) is 18.4 Å². The zero-order chi connectivity index (χ0) is 11.7. The molecule has 0 radical (unpaired) electrons. The van der Waals surface area contributed by atoms with Gasteiger partial charge in [-0.25, -0.2) is 4.79 Å². The molecular weight excluding hydrogens is 214 g/mol. The monoisotopic (exact) mass is 227 g/mol. The van der Waals surface area contributed by atoms with Crippen LogP contribution in [0.15, 0.2) is 34.3 Å². The number of hydrogen-bond acceptors (Lipinski definition) is 4. The van der Waals surface area contributed by atoms with E-state index in [0.717, 1.165) is 37.2 Å². The van der Waals surface area contributed by atoms with Crippen molar-refractivity contribution in [3.8, 4) is 0 Å².